The maximum Gasteiger partial charge on any atom is 0.335 e. The normalized spacial score (nSPS) is 10.2. The summed E-state index contributed by atoms with van der Waals surface area (Å²) in [6.07, 6.45) is 1.56. The molecular weight excluding hydrogens is 260 g/mol. The van der Waals surface area contributed by atoms with Gasteiger partial charge in [-0.15, -0.1) is 0 Å². The van der Waals surface area contributed by atoms with Gasteiger partial charge in [-0.05, 0) is 36.6 Å². The van der Waals surface area contributed by atoms with Gasteiger partial charge in [0.15, 0.2) is 0 Å². The molecule has 0 radical (unpaired) electrons. The minimum atomic E-state index is -0.982. The Morgan fingerprint density at radius 2 is 2.15 bits per heavy atom. The van der Waals surface area contributed by atoms with Gasteiger partial charge in [0, 0.05) is 11.6 Å². The van der Waals surface area contributed by atoms with Crippen molar-refractivity contribution in [2.75, 3.05) is 18.5 Å². The van der Waals surface area contributed by atoms with Crippen LogP contribution < -0.4 is 5.32 Å². The zero-order chi connectivity index (χ0) is 14.5. The van der Waals surface area contributed by atoms with E-state index in [1.54, 1.807) is 31.3 Å². The largest absolute Gasteiger partial charge is 0.478 e. The first-order chi connectivity index (χ1) is 9.61. The van der Waals surface area contributed by atoms with Crippen molar-refractivity contribution in [3.63, 3.8) is 0 Å². The molecule has 2 aromatic rings. The Labute approximate surface area is 115 Å². The number of carbonyl (C=O) groups is 2. The van der Waals surface area contributed by atoms with Crippen LogP contribution in [0.25, 0.3) is 10.8 Å². The van der Waals surface area contributed by atoms with E-state index in [4.69, 9.17) is 9.84 Å². The first-order valence-corrected chi connectivity index (χ1v) is 6.13. The second kappa shape index (κ2) is 6.01. The number of nitrogens with zero attached hydrogens (tertiary/aromatic N) is 1. The molecule has 0 spiro atoms. The third-order valence-corrected chi connectivity index (χ3v) is 2.72. The van der Waals surface area contributed by atoms with E-state index in [0.29, 0.717) is 12.4 Å². The summed E-state index contributed by atoms with van der Waals surface area (Å²) in [6, 6.07) is 6.45. The molecule has 0 bridgehead atoms. The summed E-state index contributed by atoms with van der Waals surface area (Å²) in [5.74, 6) is -0.828. The van der Waals surface area contributed by atoms with E-state index in [2.05, 4.69) is 10.3 Å². The molecule has 0 aliphatic rings. The van der Waals surface area contributed by atoms with Gasteiger partial charge in [0.05, 0.1) is 12.2 Å². The van der Waals surface area contributed by atoms with Crippen molar-refractivity contribution in [2.45, 2.75) is 6.92 Å². The fourth-order valence-electron chi connectivity index (χ4n) is 1.82. The molecule has 2 N–H and O–H groups in total. The standard InChI is InChI=1S/C14H14N2O4/c1-2-20-12(17)8-16-13-11-4-3-10(14(18)19)7-9(11)5-6-15-13/h3-7H,2,8H2,1H3,(H,15,16)(H,18,19). The van der Waals surface area contributed by atoms with Crippen LogP contribution in [0.5, 0.6) is 0 Å². The maximum absolute atomic E-state index is 11.3. The summed E-state index contributed by atoms with van der Waals surface area (Å²) in [7, 11) is 0. The average Bonchev–Trinajstić information content (AvgIpc) is 2.44. The number of ether oxygens (including phenoxy) is 1. The number of anilines is 1. The van der Waals surface area contributed by atoms with Gasteiger partial charge in [-0.25, -0.2) is 9.78 Å². The SMILES string of the molecule is CCOC(=O)CNc1nccc2cc(C(=O)O)ccc12. The van der Waals surface area contributed by atoms with Gasteiger partial charge in [0.2, 0.25) is 0 Å². The van der Waals surface area contributed by atoms with Gasteiger partial charge in [-0.3, -0.25) is 4.79 Å². The molecule has 0 amide bonds. The van der Waals surface area contributed by atoms with Crippen molar-refractivity contribution in [3.05, 3.63) is 36.0 Å². The number of hydrogen-bond donors (Lipinski definition) is 2. The number of aromatic nitrogens is 1. The predicted octanol–water partition coefficient (Wildman–Crippen LogP) is 1.91. The van der Waals surface area contributed by atoms with Crippen LogP contribution in [0.3, 0.4) is 0 Å². The van der Waals surface area contributed by atoms with Gasteiger partial charge >= 0.3 is 11.9 Å². The Bertz CT molecular complexity index is 655. The molecule has 0 saturated carbocycles. The van der Waals surface area contributed by atoms with E-state index in [-0.39, 0.29) is 18.1 Å². The molecule has 0 saturated heterocycles. The van der Waals surface area contributed by atoms with Crippen molar-refractivity contribution in [1.82, 2.24) is 4.98 Å². The number of carboxylic acids is 1. The summed E-state index contributed by atoms with van der Waals surface area (Å²) in [5.41, 5.74) is 0.208. The molecule has 1 aromatic heterocycles. The quantitative estimate of drug-likeness (QED) is 0.810. The lowest BCUT2D eigenvalue weighted by Gasteiger charge is -2.08. The monoisotopic (exact) mass is 274 g/mol. The van der Waals surface area contributed by atoms with Crippen molar-refractivity contribution in [3.8, 4) is 0 Å². The molecule has 1 aromatic carbocycles. The van der Waals surface area contributed by atoms with Gasteiger partial charge in [-0.2, -0.15) is 0 Å². The third-order valence-electron chi connectivity index (χ3n) is 2.72. The summed E-state index contributed by atoms with van der Waals surface area (Å²) >= 11 is 0. The lowest BCUT2D eigenvalue weighted by Crippen LogP contribution is -2.17. The topological polar surface area (TPSA) is 88.5 Å². The van der Waals surface area contributed by atoms with Gasteiger partial charge in [0.1, 0.15) is 12.4 Å². The average molecular weight is 274 g/mol. The number of hydrogen-bond acceptors (Lipinski definition) is 5. The Kier molecular flexibility index (Phi) is 4.14. The molecule has 6 nitrogen and oxygen atoms in total. The highest BCUT2D eigenvalue weighted by atomic mass is 16.5. The van der Waals surface area contributed by atoms with Gasteiger partial charge in [-0.1, -0.05) is 0 Å². The lowest BCUT2D eigenvalue weighted by molar-refractivity contribution is -0.140. The van der Waals surface area contributed by atoms with E-state index in [1.807, 2.05) is 0 Å². The van der Waals surface area contributed by atoms with E-state index in [0.717, 1.165) is 10.8 Å². The van der Waals surface area contributed by atoms with Crippen LogP contribution in [-0.2, 0) is 9.53 Å². The molecular formula is C14H14N2O4. The van der Waals surface area contributed by atoms with Crippen LogP contribution >= 0.6 is 0 Å². The number of aromatic carboxylic acids is 1. The molecule has 6 heteroatoms. The van der Waals surface area contributed by atoms with Crippen LogP contribution in [0.1, 0.15) is 17.3 Å². The number of carboxylic acid groups (broad SMARTS) is 1. The number of rotatable bonds is 5. The third kappa shape index (κ3) is 3.03. The summed E-state index contributed by atoms with van der Waals surface area (Å²) < 4.78 is 4.82. The lowest BCUT2D eigenvalue weighted by atomic mass is 10.1. The van der Waals surface area contributed by atoms with E-state index in [9.17, 15) is 9.59 Å². The fourth-order valence-corrected chi connectivity index (χ4v) is 1.82. The van der Waals surface area contributed by atoms with Crippen LogP contribution in [0.2, 0.25) is 0 Å². The molecule has 1 heterocycles. The number of pyridine rings is 1. The first kappa shape index (κ1) is 13.8. The number of nitrogens with one attached hydrogen (secondary N) is 1. The minimum absolute atomic E-state index is 0.0145. The Balaban J connectivity index is 2.26. The minimum Gasteiger partial charge on any atom is -0.478 e. The number of benzene rings is 1. The van der Waals surface area contributed by atoms with Crippen LogP contribution in [0, 0.1) is 0 Å². The van der Waals surface area contributed by atoms with Gasteiger partial charge < -0.3 is 15.2 Å². The number of carbonyl (C=O) groups excluding carboxylic acids is 1. The maximum atomic E-state index is 11.3. The Morgan fingerprint density at radius 3 is 2.85 bits per heavy atom. The van der Waals surface area contributed by atoms with Gasteiger partial charge in [0.25, 0.3) is 0 Å². The molecule has 0 atom stereocenters. The second-order valence-corrected chi connectivity index (χ2v) is 4.06. The summed E-state index contributed by atoms with van der Waals surface area (Å²) in [6.45, 7) is 2.08. The number of esters is 1. The van der Waals surface area contributed by atoms with E-state index < -0.39 is 5.97 Å². The molecule has 0 aliphatic heterocycles. The van der Waals surface area contributed by atoms with Crippen LogP contribution in [0.15, 0.2) is 30.5 Å². The first-order valence-electron chi connectivity index (χ1n) is 6.13. The predicted molar refractivity (Wildman–Crippen MR) is 73.8 cm³/mol. The Hall–Kier alpha value is -2.63. The zero-order valence-electron chi connectivity index (χ0n) is 10.9. The smallest absolute Gasteiger partial charge is 0.335 e. The van der Waals surface area contributed by atoms with Crippen LogP contribution in [0.4, 0.5) is 5.82 Å². The molecule has 0 fully saturated rings. The van der Waals surface area contributed by atoms with E-state index >= 15 is 0 Å². The van der Waals surface area contributed by atoms with Crippen molar-refractivity contribution < 1.29 is 19.4 Å². The molecule has 0 aliphatic carbocycles. The highest BCUT2D eigenvalue weighted by Crippen LogP contribution is 2.22. The molecule has 104 valence electrons. The molecule has 20 heavy (non-hydrogen) atoms. The zero-order valence-corrected chi connectivity index (χ0v) is 10.9. The second-order valence-electron chi connectivity index (χ2n) is 4.06. The van der Waals surface area contributed by atoms with Crippen molar-refractivity contribution in [2.24, 2.45) is 0 Å². The highest BCUT2D eigenvalue weighted by Gasteiger charge is 2.08. The van der Waals surface area contributed by atoms with Crippen molar-refractivity contribution in [1.29, 1.82) is 0 Å². The summed E-state index contributed by atoms with van der Waals surface area (Å²) in [4.78, 5) is 26.4. The number of fused-ring (bicyclic) bond motifs is 1. The summed E-state index contributed by atoms with van der Waals surface area (Å²) in [5, 5.41) is 13.3. The van der Waals surface area contributed by atoms with E-state index in [1.165, 1.54) is 6.07 Å². The highest BCUT2D eigenvalue weighted by molar-refractivity contribution is 5.98. The molecule has 0 unspecified atom stereocenters. The Morgan fingerprint density at radius 1 is 1.35 bits per heavy atom. The van der Waals surface area contributed by atoms with Crippen LogP contribution in [-0.4, -0.2) is 35.2 Å². The van der Waals surface area contributed by atoms with Crippen molar-refractivity contribution >= 4 is 28.5 Å². The molecule has 2 rings (SSSR count). The fraction of sp³-hybridized carbons (Fsp3) is 0.214.